The molecule has 0 aliphatic carbocycles. The standard InChI is InChI=1S/C12H7F3N2O4/c13-12(14,15)21-8-3-1-7(2-4-8)17-10(18)9(11(19)20)5-6-16-17/h1-6H,(H,19,20). The van der Waals surface area contributed by atoms with E-state index in [0.717, 1.165) is 41.2 Å². The molecule has 0 saturated heterocycles. The predicted octanol–water partition coefficient (Wildman–Crippen LogP) is 1.83. The molecule has 0 bridgehead atoms. The smallest absolute Gasteiger partial charge is 0.477 e. The molecular weight excluding hydrogens is 293 g/mol. The van der Waals surface area contributed by atoms with Crippen molar-refractivity contribution < 1.29 is 27.8 Å². The number of hydrogen-bond acceptors (Lipinski definition) is 4. The summed E-state index contributed by atoms with van der Waals surface area (Å²) in [5.41, 5.74) is -1.28. The van der Waals surface area contributed by atoms with Crippen LogP contribution in [0.5, 0.6) is 5.75 Å². The Balaban J connectivity index is 2.38. The maximum Gasteiger partial charge on any atom is 0.573 e. The van der Waals surface area contributed by atoms with Gasteiger partial charge in [0.15, 0.2) is 0 Å². The topological polar surface area (TPSA) is 81.4 Å². The summed E-state index contributed by atoms with van der Waals surface area (Å²) < 4.78 is 40.5. The van der Waals surface area contributed by atoms with Crippen LogP contribution in [0.3, 0.4) is 0 Å². The minimum atomic E-state index is -4.82. The van der Waals surface area contributed by atoms with E-state index >= 15 is 0 Å². The highest BCUT2D eigenvalue weighted by Crippen LogP contribution is 2.23. The van der Waals surface area contributed by atoms with Gasteiger partial charge in [0, 0.05) is 6.20 Å². The maximum absolute atomic E-state index is 12.0. The second-order valence-corrected chi connectivity index (χ2v) is 3.81. The van der Waals surface area contributed by atoms with Crippen molar-refractivity contribution in [2.75, 3.05) is 0 Å². The van der Waals surface area contributed by atoms with Crippen LogP contribution in [0.15, 0.2) is 41.3 Å². The average molecular weight is 300 g/mol. The highest BCUT2D eigenvalue weighted by Gasteiger charge is 2.31. The van der Waals surface area contributed by atoms with Crippen LogP contribution >= 0.6 is 0 Å². The van der Waals surface area contributed by atoms with E-state index in [2.05, 4.69) is 9.84 Å². The number of benzene rings is 1. The van der Waals surface area contributed by atoms with Crippen molar-refractivity contribution in [3.05, 3.63) is 52.4 Å². The highest BCUT2D eigenvalue weighted by molar-refractivity contribution is 5.86. The quantitative estimate of drug-likeness (QED) is 0.935. The van der Waals surface area contributed by atoms with Crippen molar-refractivity contribution in [2.24, 2.45) is 0 Å². The number of carboxylic acid groups (broad SMARTS) is 1. The number of halogens is 3. The fourth-order valence-electron chi connectivity index (χ4n) is 1.55. The van der Waals surface area contributed by atoms with E-state index in [1.807, 2.05) is 0 Å². The van der Waals surface area contributed by atoms with Crippen molar-refractivity contribution in [2.45, 2.75) is 6.36 Å². The lowest BCUT2D eigenvalue weighted by Crippen LogP contribution is -2.26. The molecule has 0 aliphatic heterocycles. The van der Waals surface area contributed by atoms with Gasteiger partial charge in [0.1, 0.15) is 11.3 Å². The zero-order valence-corrected chi connectivity index (χ0v) is 10.2. The Labute approximate surface area is 115 Å². The number of carbonyl (C=O) groups is 1. The molecule has 21 heavy (non-hydrogen) atoms. The van der Waals surface area contributed by atoms with Crippen LogP contribution in [-0.4, -0.2) is 27.2 Å². The number of nitrogens with zero attached hydrogens (tertiary/aromatic N) is 2. The third-order valence-electron chi connectivity index (χ3n) is 2.39. The molecule has 2 aromatic rings. The fourth-order valence-corrected chi connectivity index (χ4v) is 1.55. The summed E-state index contributed by atoms with van der Waals surface area (Å²) >= 11 is 0. The summed E-state index contributed by atoms with van der Waals surface area (Å²) in [5.74, 6) is -1.89. The van der Waals surface area contributed by atoms with E-state index in [1.54, 1.807) is 0 Å². The minimum absolute atomic E-state index is 0.109. The molecule has 0 fully saturated rings. The molecule has 0 radical (unpaired) electrons. The summed E-state index contributed by atoms with van der Waals surface area (Å²) in [5, 5.41) is 12.5. The number of alkyl halides is 3. The predicted molar refractivity (Wildman–Crippen MR) is 63.5 cm³/mol. The molecule has 110 valence electrons. The Morgan fingerprint density at radius 2 is 1.81 bits per heavy atom. The van der Waals surface area contributed by atoms with Crippen LogP contribution in [0.1, 0.15) is 10.4 Å². The normalized spacial score (nSPS) is 11.2. The molecule has 2 rings (SSSR count). The van der Waals surface area contributed by atoms with Gasteiger partial charge in [-0.25, -0.2) is 4.79 Å². The summed E-state index contributed by atoms with van der Waals surface area (Å²) in [6, 6.07) is 5.32. The van der Waals surface area contributed by atoms with Gasteiger partial charge in [-0.05, 0) is 30.3 Å². The van der Waals surface area contributed by atoms with E-state index in [1.165, 1.54) is 0 Å². The van der Waals surface area contributed by atoms with E-state index in [0.29, 0.717) is 0 Å². The van der Waals surface area contributed by atoms with Gasteiger partial charge in [0.25, 0.3) is 5.56 Å². The van der Waals surface area contributed by atoms with Crippen molar-refractivity contribution in [3.8, 4) is 11.4 Å². The first-order chi connectivity index (χ1) is 9.78. The molecule has 1 heterocycles. The van der Waals surface area contributed by atoms with E-state index < -0.39 is 29.2 Å². The number of aromatic nitrogens is 2. The number of hydrogen-bond donors (Lipinski definition) is 1. The Hall–Kier alpha value is -2.84. The van der Waals surface area contributed by atoms with Gasteiger partial charge in [-0.1, -0.05) is 0 Å². The molecule has 6 nitrogen and oxygen atoms in total. The third-order valence-corrected chi connectivity index (χ3v) is 2.39. The maximum atomic E-state index is 12.0. The molecule has 0 spiro atoms. The second-order valence-electron chi connectivity index (χ2n) is 3.81. The molecule has 1 aromatic carbocycles. The molecule has 9 heteroatoms. The first kappa shape index (κ1) is 14.6. The molecule has 1 aromatic heterocycles. The molecule has 0 atom stereocenters. The summed E-state index contributed by atoms with van der Waals surface area (Å²) in [4.78, 5) is 22.7. The van der Waals surface area contributed by atoms with Crippen molar-refractivity contribution >= 4 is 5.97 Å². The van der Waals surface area contributed by atoms with E-state index in [-0.39, 0.29) is 5.69 Å². The number of carboxylic acids is 1. The molecule has 0 amide bonds. The zero-order chi connectivity index (χ0) is 15.6. The monoisotopic (exact) mass is 300 g/mol. The number of aromatic carboxylic acids is 1. The van der Waals surface area contributed by atoms with Gasteiger partial charge >= 0.3 is 12.3 Å². The molecule has 0 aliphatic rings. The molecule has 0 unspecified atom stereocenters. The van der Waals surface area contributed by atoms with Crippen LogP contribution in [-0.2, 0) is 0 Å². The fraction of sp³-hybridized carbons (Fsp3) is 0.0833. The van der Waals surface area contributed by atoms with E-state index in [4.69, 9.17) is 5.11 Å². The molecular formula is C12H7F3N2O4. The average Bonchev–Trinajstić information content (AvgIpc) is 2.38. The minimum Gasteiger partial charge on any atom is -0.477 e. The zero-order valence-electron chi connectivity index (χ0n) is 10.2. The van der Waals surface area contributed by atoms with Crippen LogP contribution in [0.25, 0.3) is 5.69 Å². The van der Waals surface area contributed by atoms with Crippen molar-refractivity contribution in [1.82, 2.24) is 9.78 Å². The van der Waals surface area contributed by atoms with Crippen LogP contribution in [0.4, 0.5) is 13.2 Å². The summed E-state index contributed by atoms with van der Waals surface area (Å²) in [6.07, 6.45) is -3.72. The van der Waals surface area contributed by atoms with Crippen LogP contribution in [0, 0.1) is 0 Å². The van der Waals surface area contributed by atoms with Crippen LogP contribution in [0.2, 0.25) is 0 Å². The highest BCUT2D eigenvalue weighted by atomic mass is 19.4. The van der Waals surface area contributed by atoms with Gasteiger partial charge in [0.2, 0.25) is 0 Å². The Morgan fingerprint density at radius 1 is 1.19 bits per heavy atom. The number of rotatable bonds is 3. The lowest BCUT2D eigenvalue weighted by Gasteiger charge is -2.09. The van der Waals surface area contributed by atoms with E-state index in [9.17, 15) is 22.8 Å². The molecule has 1 N–H and O–H groups in total. The number of ether oxygens (including phenoxy) is 1. The van der Waals surface area contributed by atoms with Gasteiger partial charge in [0.05, 0.1) is 5.69 Å². The van der Waals surface area contributed by atoms with Gasteiger partial charge in [-0.3, -0.25) is 4.79 Å². The first-order valence-corrected chi connectivity index (χ1v) is 5.46. The Morgan fingerprint density at radius 3 is 2.33 bits per heavy atom. The van der Waals surface area contributed by atoms with Gasteiger partial charge in [-0.15, -0.1) is 13.2 Å². The van der Waals surface area contributed by atoms with Crippen molar-refractivity contribution in [3.63, 3.8) is 0 Å². The first-order valence-electron chi connectivity index (χ1n) is 5.46. The Bertz CT molecular complexity index is 723. The van der Waals surface area contributed by atoms with Gasteiger partial charge < -0.3 is 9.84 Å². The van der Waals surface area contributed by atoms with Crippen LogP contribution < -0.4 is 10.3 Å². The second kappa shape index (κ2) is 5.27. The van der Waals surface area contributed by atoms with Gasteiger partial charge in [-0.2, -0.15) is 9.78 Å². The molecule has 0 saturated carbocycles. The SMILES string of the molecule is O=C(O)c1ccnn(-c2ccc(OC(F)(F)F)cc2)c1=O. The lowest BCUT2D eigenvalue weighted by atomic mass is 10.2. The third kappa shape index (κ3) is 3.38. The summed E-state index contributed by atoms with van der Waals surface area (Å²) in [7, 11) is 0. The summed E-state index contributed by atoms with van der Waals surface area (Å²) in [6.45, 7) is 0. The Kier molecular flexibility index (Phi) is 3.66. The van der Waals surface area contributed by atoms with Crippen molar-refractivity contribution in [1.29, 1.82) is 0 Å². The lowest BCUT2D eigenvalue weighted by molar-refractivity contribution is -0.274. The largest absolute Gasteiger partial charge is 0.573 e.